The van der Waals surface area contributed by atoms with E-state index < -0.39 is 12.0 Å². The van der Waals surface area contributed by atoms with Crippen LogP contribution in [0.3, 0.4) is 0 Å². The highest BCUT2D eigenvalue weighted by molar-refractivity contribution is 6.08. The highest BCUT2D eigenvalue weighted by Crippen LogP contribution is 2.56. The summed E-state index contributed by atoms with van der Waals surface area (Å²) in [6.07, 6.45) is 3.29. The molecule has 98 valence electrons. The Hall–Kier alpha value is -1.39. The molecule has 3 fully saturated rings. The van der Waals surface area contributed by atoms with Gasteiger partial charge in [-0.15, -0.1) is 0 Å². The van der Waals surface area contributed by atoms with Gasteiger partial charge in [-0.25, -0.2) is 4.79 Å². The third kappa shape index (κ3) is 1.30. The zero-order chi connectivity index (χ0) is 13.0. The number of aliphatic carboxylic acids is 1. The van der Waals surface area contributed by atoms with Gasteiger partial charge in [-0.05, 0) is 37.5 Å². The molecule has 0 aromatic heterocycles. The minimum Gasteiger partial charge on any atom is -0.480 e. The molecule has 3 aliphatic rings. The van der Waals surface area contributed by atoms with Crippen molar-refractivity contribution < 1.29 is 19.5 Å². The van der Waals surface area contributed by atoms with E-state index in [-0.39, 0.29) is 30.1 Å². The molecule has 0 spiro atoms. The lowest BCUT2D eigenvalue weighted by atomic mass is 9.81. The summed E-state index contributed by atoms with van der Waals surface area (Å²) in [6.45, 7) is 1.70. The van der Waals surface area contributed by atoms with E-state index >= 15 is 0 Å². The zero-order valence-corrected chi connectivity index (χ0v) is 10.3. The SMILES string of the molecule is CC[C@H](C(=O)O)N1C(=O)[C@@H]2[C@@H]3CC[C@@H](C3)[C@@H]2C1=O. The Bertz CT molecular complexity index is 405. The number of fused-ring (bicyclic) bond motifs is 5. The van der Waals surface area contributed by atoms with Crippen molar-refractivity contribution in [3.8, 4) is 0 Å². The standard InChI is InChI=1S/C13H17NO4/c1-2-8(13(17)18)14-11(15)9-6-3-4-7(5-6)10(9)12(14)16/h6-10H,2-5H2,1H3,(H,17,18)/t6-,7+,8-,9-,10+/m1/s1. The van der Waals surface area contributed by atoms with Gasteiger partial charge in [0.2, 0.25) is 11.8 Å². The number of carboxylic acids is 1. The molecule has 2 amide bonds. The number of amides is 2. The summed E-state index contributed by atoms with van der Waals surface area (Å²) < 4.78 is 0. The van der Waals surface area contributed by atoms with Gasteiger partial charge in [0.15, 0.2) is 0 Å². The lowest BCUT2D eigenvalue weighted by Crippen LogP contribution is -2.45. The van der Waals surface area contributed by atoms with Gasteiger partial charge in [-0.3, -0.25) is 14.5 Å². The largest absolute Gasteiger partial charge is 0.480 e. The van der Waals surface area contributed by atoms with Crippen LogP contribution < -0.4 is 0 Å². The van der Waals surface area contributed by atoms with Crippen molar-refractivity contribution in [3.05, 3.63) is 0 Å². The van der Waals surface area contributed by atoms with Gasteiger partial charge in [0.05, 0.1) is 11.8 Å². The van der Waals surface area contributed by atoms with Crippen LogP contribution in [0.2, 0.25) is 0 Å². The third-order valence-electron chi connectivity index (χ3n) is 4.94. The number of hydrogen-bond acceptors (Lipinski definition) is 3. The van der Waals surface area contributed by atoms with Crippen LogP contribution in [-0.4, -0.2) is 33.8 Å². The molecule has 2 saturated carbocycles. The molecule has 1 heterocycles. The lowest BCUT2D eigenvalue weighted by molar-refractivity contribution is -0.155. The highest BCUT2D eigenvalue weighted by atomic mass is 16.4. The van der Waals surface area contributed by atoms with Crippen LogP contribution in [0.15, 0.2) is 0 Å². The van der Waals surface area contributed by atoms with Crippen molar-refractivity contribution in [1.29, 1.82) is 0 Å². The molecule has 5 heteroatoms. The Kier molecular flexibility index (Phi) is 2.47. The minimum atomic E-state index is -1.08. The van der Waals surface area contributed by atoms with E-state index in [0.717, 1.165) is 24.2 Å². The molecule has 0 aromatic rings. The van der Waals surface area contributed by atoms with Crippen molar-refractivity contribution in [2.24, 2.45) is 23.7 Å². The second-order valence-corrected chi connectivity index (χ2v) is 5.69. The van der Waals surface area contributed by atoms with E-state index in [1.165, 1.54) is 0 Å². The maximum atomic E-state index is 12.3. The Labute approximate surface area is 105 Å². The number of nitrogens with zero attached hydrogens (tertiary/aromatic N) is 1. The predicted octanol–water partition coefficient (Wildman–Crippen LogP) is 0.881. The number of likely N-dealkylation sites (tertiary alicyclic amines) is 1. The normalized spacial score (nSPS) is 39.3. The first-order valence-electron chi connectivity index (χ1n) is 6.66. The Balaban J connectivity index is 1.93. The smallest absolute Gasteiger partial charge is 0.326 e. The van der Waals surface area contributed by atoms with E-state index in [2.05, 4.69) is 0 Å². The first-order chi connectivity index (χ1) is 8.56. The monoisotopic (exact) mass is 251 g/mol. The van der Waals surface area contributed by atoms with Gasteiger partial charge < -0.3 is 5.11 Å². The first kappa shape index (κ1) is 11.7. The van der Waals surface area contributed by atoms with Gasteiger partial charge >= 0.3 is 5.97 Å². The fraction of sp³-hybridized carbons (Fsp3) is 0.769. The molecule has 18 heavy (non-hydrogen) atoms. The van der Waals surface area contributed by atoms with Gasteiger partial charge in [0, 0.05) is 0 Å². The van der Waals surface area contributed by atoms with E-state index in [9.17, 15) is 14.4 Å². The summed E-state index contributed by atoms with van der Waals surface area (Å²) in [5.74, 6) is -1.35. The summed E-state index contributed by atoms with van der Waals surface area (Å²) >= 11 is 0. The minimum absolute atomic E-state index is 0.218. The highest BCUT2D eigenvalue weighted by Gasteiger charge is 2.62. The van der Waals surface area contributed by atoms with Crippen LogP contribution in [-0.2, 0) is 14.4 Å². The number of rotatable bonds is 3. The topological polar surface area (TPSA) is 74.7 Å². The van der Waals surface area contributed by atoms with E-state index in [0.29, 0.717) is 11.8 Å². The van der Waals surface area contributed by atoms with Gasteiger partial charge in [-0.2, -0.15) is 0 Å². The average molecular weight is 251 g/mol. The van der Waals surface area contributed by atoms with E-state index in [1.54, 1.807) is 6.92 Å². The summed E-state index contributed by atoms with van der Waals surface area (Å²) in [5, 5.41) is 9.13. The van der Waals surface area contributed by atoms with Crippen molar-refractivity contribution in [1.82, 2.24) is 4.90 Å². The van der Waals surface area contributed by atoms with Crippen LogP contribution in [0, 0.1) is 23.7 Å². The van der Waals surface area contributed by atoms with Crippen LogP contribution in [0.4, 0.5) is 0 Å². The fourth-order valence-corrected chi connectivity index (χ4v) is 4.21. The number of carbonyl (C=O) groups is 3. The summed E-state index contributed by atoms with van der Waals surface area (Å²) in [4.78, 5) is 36.9. The number of hydrogen-bond donors (Lipinski definition) is 1. The summed E-state index contributed by atoms with van der Waals surface area (Å²) in [6, 6.07) is -0.977. The van der Waals surface area contributed by atoms with Crippen LogP contribution in [0.1, 0.15) is 32.6 Å². The first-order valence-corrected chi connectivity index (χ1v) is 6.66. The second-order valence-electron chi connectivity index (χ2n) is 5.69. The molecule has 1 saturated heterocycles. The molecule has 0 aromatic carbocycles. The van der Waals surface area contributed by atoms with E-state index in [4.69, 9.17) is 5.11 Å². The number of carboxylic acid groups (broad SMARTS) is 1. The van der Waals surface area contributed by atoms with Crippen molar-refractivity contribution in [2.45, 2.75) is 38.6 Å². The molecule has 5 atom stereocenters. The van der Waals surface area contributed by atoms with Crippen molar-refractivity contribution in [3.63, 3.8) is 0 Å². The molecule has 1 N–H and O–H groups in total. The van der Waals surface area contributed by atoms with Gasteiger partial charge in [-0.1, -0.05) is 6.92 Å². The molecular weight excluding hydrogens is 234 g/mol. The van der Waals surface area contributed by atoms with Gasteiger partial charge in [0.25, 0.3) is 0 Å². The summed E-state index contributed by atoms with van der Waals surface area (Å²) in [7, 11) is 0. The molecule has 2 bridgehead atoms. The van der Waals surface area contributed by atoms with Crippen LogP contribution >= 0.6 is 0 Å². The van der Waals surface area contributed by atoms with Crippen molar-refractivity contribution in [2.75, 3.05) is 0 Å². The molecule has 2 aliphatic carbocycles. The number of imide groups is 1. The lowest BCUT2D eigenvalue weighted by Gasteiger charge is -2.23. The predicted molar refractivity (Wildman–Crippen MR) is 61.4 cm³/mol. The molecule has 3 rings (SSSR count). The summed E-state index contributed by atoms with van der Waals surface area (Å²) in [5.41, 5.74) is 0. The Morgan fingerprint density at radius 3 is 2.17 bits per heavy atom. The Morgan fingerprint density at radius 2 is 1.78 bits per heavy atom. The zero-order valence-electron chi connectivity index (χ0n) is 10.3. The fourth-order valence-electron chi connectivity index (χ4n) is 4.21. The van der Waals surface area contributed by atoms with E-state index in [1.807, 2.05) is 0 Å². The maximum Gasteiger partial charge on any atom is 0.326 e. The van der Waals surface area contributed by atoms with Crippen molar-refractivity contribution >= 4 is 17.8 Å². The quantitative estimate of drug-likeness (QED) is 0.756. The third-order valence-corrected chi connectivity index (χ3v) is 4.94. The molecule has 1 aliphatic heterocycles. The van der Waals surface area contributed by atoms with Crippen LogP contribution in [0.5, 0.6) is 0 Å². The maximum absolute atomic E-state index is 12.3. The Morgan fingerprint density at radius 1 is 1.28 bits per heavy atom. The second kappa shape index (κ2) is 3.80. The molecule has 0 unspecified atom stereocenters. The molecule has 0 radical (unpaired) electrons. The molecular formula is C13H17NO4. The van der Waals surface area contributed by atoms with Gasteiger partial charge in [0.1, 0.15) is 6.04 Å². The van der Waals surface area contributed by atoms with Crippen LogP contribution in [0.25, 0.3) is 0 Å². The molecule has 5 nitrogen and oxygen atoms in total. The number of carbonyl (C=O) groups excluding carboxylic acids is 2. The average Bonchev–Trinajstić information content (AvgIpc) is 2.98.